The Morgan fingerprint density at radius 2 is 2.29 bits per heavy atom. The Kier molecular flexibility index (Phi) is 3.01. The van der Waals surface area contributed by atoms with Crippen LogP contribution in [0.1, 0.15) is 17.9 Å². The summed E-state index contributed by atoms with van der Waals surface area (Å²) < 4.78 is 0. The highest BCUT2D eigenvalue weighted by Crippen LogP contribution is 2.49. The summed E-state index contributed by atoms with van der Waals surface area (Å²) in [5, 5.41) is 3.55. The van der Waals surface area contributed by atoms with Gasteiger partial charge in [-0.15, -0.1) is 24.2 Å². The predicted octanol–water partition coefficient (Wildman–Crippen LogP) is 2.48. The van der Waals surface area contributed by atoms with Crippen molar-refractivity contribution in [1.29, 1.82) is 0 Å². The van der Waals surface area contributed by atoms with E-state index >= 15 is 0 Å². The van der Waals surface area contributed by atoms with Gasteiger partial charge in [0, 0.05) is 35.7 Å². The van der Waals surface area contributed by atoms with Crippen LogP contribution in [-0.2, 0) is 0 Å². The maximum atomic E-state index is 3.55. The minimum absolute atomic E-state index is 0. The Labute approximate surface area is 113 Å². The van der Waals surface area contributed by atoms with Crippen LogP contribution in [0.5, 0.6) is 0 Å². The second-order valence-corrected chi connectivity index (χ2v) is 6.04. The Balaban J connectivity index is 0.000000902. The molecule has 0 unspecified atom stereocenters. The Morgan fingerprint density at radius 3 is 3.24 bits per heavy atom. The zero-order valence-electron chi connectivity index (χ0n) is 9.69. The molecule has 4 heteroatoms. The van der Waals surface area contributed by atoms with Gasteiger partial charge in [0.15, 0.2) is 0 Å². The van der Waals surface area contributed by atoms with Crippen molar-refractivity contribution in [2.24, 2.45) is 0 Å². The van der Waals surface area contributed by atoms with Gasteiger partial charge in [0.25, 0.3) is 0 Å². The molecule has 17 heavy (non-hydrogen) atoms. The van der Waals surface area contributed by atoms with Gasteiger partial charge < -0.3 is 10.2 Å². The van der Waals surface area contributed by atoms with E-state index in [9.17, 15) is 0 Å². The number of thioether (sulfide) groups is 1. The number of halogens is 1. The monoisotopic (exact) mass is 268 g/mol. The maximum absolute atomic E-state index is 3.55. The molecular formula is C13H17ClN2S. The fraction of sp³-hybridized carbons (Fsp3) is 0.538. The number of rotatable bonds is 0. The largest absolute Gasteiger partial charge is 0.366 e. The van der Waals surface area contributed by atoms with Crippen molar-refractivity contribution in [2.45, 2.75) is 23.3 Å². The lowest BCUT2D eigenvalue weighted by molar-refractivity contribution is 0.405. The normalized spacial score (nSPS) is 29.3. The van der Waals surface area contributed by atoms with E-state index in [4.69, 9.17) is 0 Å². The zero-order valence-corrected chi connectivity index (χ0v) is 11.3. The Hall–Kier alpha value is -0.380. The van der Waals surface area contributed by atoms with Gasteiger partial charge in [-0.1, -0.05) is 12.1 Å². The first-order chi connectivity index (χ1) is 7.95. The van der Waals surface area contributed by atoms with E-state index in [0.29, 0.717) is 0 Å². The van der Waals surface area contributed by atoms with Crippen LogP contribution >= 0.6 is 24.2 Å². The van der Waals surface area contributed by atoms with Crippen molar-refractivity contribution >= 4 is 29.9 Å². The molecule has 4 rings (SSSR count). The van der Waals surface area contributed by atoms with Gasteiger partial charge in [0.05, 0.1) is 5.69 Å². The van der Waals surface area contributed by atoms with Crippen molar-refractivity contribution in [1.82, 2.24) is 5.32 Å². The molecule has 0 amide bonds. The highest BCUT2D eigenvalue weighted by molar-refractivity contribution is 7.99. The van der Waals surface area contributed by atoms with E-state index in [1.165, 1.54) is 36.7 Å². The summed E-state index contributed by atoms with van der Waals surface area (Å²) in [6, 6.07) is 7.65. The number of fused-ring (bicyclic) bond motifs is 3. The van der Waals surface area contributed by atoms with Gasteiger partial charge in [-0.25, -0.2) is 0 Å². The van der Waals surface area contributed by atoms with Gasteiger partial charge in [0.1, 0.15) is 0 Å². The highest BCUT2D eigenvalue weighted by atomic mass is 35.5. The van der Waals surface area contributed by atoms with E-state index < -0.39 is 0 Å². The minimum atomic E-state index is 0. The summed E-state index contributed by atoms with van der Waals surface area (Å²) in [5.74, 6) is 2.00. The van der Waals surface area contributed by atoms with Crippen LogP contribution in [0.15, 0.2) is 23.1 Å². The first-order valence-electron chi connectivity index (χ1n) is 6.18. The number of hydrogen-bond acceptors (Lipinski definition) is 3. The second kappa shape index (κ2) is 4.38. The van der Waals surface area contributed by atoms with Crippen molar-refractivity contribution in [2.75, 3.05) is 30.3 Å². The summed E-state index contributed by atoms with van der Waals surface area (Å²) in [6.45, 7) is 3.60. The molecular weight excluding hydrogens is 252 g/mol. The summed E-state index contributed by atoms with van der Waals surface area (Å²) >= 11 is 2.03. The van der Waals surface area contributed by atoms with Gasteiger partial charge in [-0.2, -0.15) is 0 Å². The smallest absolute Gasteiger partial charge is 0.0544 e. The topological polar surface area (TPSA) is 15.3 Å². The van der Waals surface area contributed by atoms with Crippen LogP contribution in [0.25, 0.3) is 0 Å². The minimum Gasteiger partial charge on any atom is -0.366 e. The second-order valence-electron chi connectivity index (χ2n) is 4.90. The third-order valence-electron chi connectivity index (χ3n) is 4.15. The molecule has 1 saturated heterocycles. The van der Waals surface area contributed by atoms with Crippen LogP contribution in [0.3, 0.4) is 0 Å². The number of nitrogens with zero attached hydrogens (tertiary/aromatic N) is 1. The lowest BCUT2D eigenvalue weighted by atomic mass is 9.90. The lowest BCUT2D eigenvalue weighted by Gasteiger charge is -2.36. The number of benzene rings is 1. The average molecular weight is 269 g/mol. The van der Waals surface area contributed by atoms with Gasteiger partial charge in [0.2, 0.25) is 0 Å². The molecule has 3 aliphatic rings. The average Bonchev–Trinajstić information content (AvgIpc) is 2.68. The molecule has 1 aromatic rings. The van der Waals surface area contributed by atoms with Crippen molar-refractivity contribution < 1.29 is 0 Å². The molecule has 1 fully saturated rings. The number of hydrogen-bond donors (Lipinski definition) is 1. The Bertz CT molecular complexity index is 437. The fourth-order valence-electron chi connectivity index (χ4n) is 3.49. The first-order valence-corrected chi connectivity index (χ1v) is 7.17. The van der Waals surface area contributed by atoms with Crippen LogP contribution < -0.4 is 10.2 Å². The quantitative estimate of drug-likeness (QED) is 0.778. The van der Waals surface area contributed by atoms with E-state index in [0.717, 1.165) is 12.0 Å². The molecule has 0 aromatic heterocycles. The summed E-state index contributed by atoms with van der Waals surface area (Å²) in [7, 11) is 0. The number of anilines is 1. The molecule has 92 valence electrons. The SMILES string of the molecule is Cl.c1cc2c3c(c1)[C@H]1CNCC[C@H]1N3CCS2. The number of para-hydroxylation sites is 1. The number of piperidine rings is 1. The summed E-state index contributed by atoms with van der Waals surface area (Å²) in [4.78, 5) is 4.20. The molecule has 1 N–H and O–H groups in total. The van der Waals surface area contributed by atoms with Crippen molar-refractivity contribution in [3.8, 4) is 0 Å². The van der Waals surface area contributed by atoms with Crippen molar-refractivity contribution in [3.05, 3.63) is 23.8 Å². The van der Waals surface area contributed by atoms with Crippen molar-refractivity contribution in [3.63, 3.8) is 0 Å². The first kappa shape index (κ1) is 11.7. The van der Waals surface area contributed by atoms with Crippen LogP contribution in [-0.4, -0.2) is 31.4 Å². The zero-order chi connectivity index (χ0) is 10.5. The fourth-order valence-corrected chi connectivity index (χ4v) is 4.55. The third kappa shape index (κ3) is 1.60. The molecule has 0 spiro atoms. The molecule has 2 nitrogen and oxygen atoms in total. The van der Waals surface area contributed by atoms with Crippen LogP contribution in [0.4, 0.5) is 5.69 Å². The van der Waals surface area contributed by atoms with E-state index in [1.807, 2.05) is 11.8 Å². The molecule has 2 atom stereocenters. The lowest BCUT2D eigenvalue weighted by Crippen LogP contribution is -2.45. The molecule has 1 aromatic carbocycles. The molecule has 0 bridgehead atoms. The number of nitrogens with one attached hydrogen (secondary N) is 1. The van der Waals surface area contributed by atoms with Crippen LogP contribution in [0, 0.1) is 0 Å². The maximum Gasteiger partial charge on any atom is 0.0544 e. The van der Waals surface area contributed by atoms with Crippen LogP contribution in [0.2, 0.25) is 0 Å². The highest BCUT2D eigenvalue weighted by Gasteiger charge is 2.41. The summed E-state index contributed by atoms with van der Waals surface area (Å²) in [5.41, 5.74) is 3.17. The molecule has 0 aliphatic carbocycles. The third-order valence-corrected chi connectivity index (χ3v) is 5.18. The molecule has 3 heterocycles. The van der Waals surface area contributed by atoms with E-state index in [1.54, 1.807) is 11.3 Å². The molecule has 0 saturated carbocycles. The van der Waals surface area contributed by atoms with E-state index in [-0.39, 0.29) is 12.4 Å². The standard InChI is InChI=1S/C13H16N2S.ClH/c1-2-9-10-8-14-5-4-11(10)15-6-7-16-12(3-1)13(9)15;/h1-3,10-11,14H,4-8H2;1H/t10-,11-;/m1./s1. The molecule has 3 aliphatic heterocycles. The van der Waals surface area contributed by atoms with Gasteiger partial charge in [-0.05, 0) is 24.6 Å². The predicted molar refractivity (Wildman–Crippen MR) is 75.8 cm³/mol. The summed E-state index contributed by atoms with van der Waals surface area (Å²) in [6.07, 6.45) is 1.31. The van der Waals surface area contributed by atoms with Gasteiger partial charge in [-0.3, -0.25) is 0 Å². The molecule has 0 radical (unpaired) electrons. The van der Waals surface area contributed by atoms with E-state index in [2.05, 4.69) is 28.4 Å². The van der Waals surface area contributed by atoms with Gasteiger partial charge >= 0.3 is 0 Å². The Morgan fingerprint density at radius 1 is 1.35 bits per heavy atom.